The molecule has 0 atom stereocenters. The molecule has 3 heteroatoms. The number of para-hydroxylation sites is 1. The molecule has 0 saturated heterocycles. The van der Waals surface area contributed by atoms with Crippen molar-refractivity contribution < 1.29 is 4.11 Å². The van der Waals surface area contributed by atoms with Crippen LogP contribution in [0.1, 0.15) is 30.4 Å². The number of hydrogen-bond acceptors (Lipinski definition) is 1. The minimum absolute atomic E-state index is 0.613. The van der Waals surface area contributed by atoms with E-state index in [9.17, 15) is 0 Å². The zero-order valence-corrected chi connectivity index (χ0v) is 15.3. The molecule has 3 aromatic carbocycles. The average Bonchev–Trinajstić information content (AvgIpc) is 3.16. The third-order valence-electron chi connectivity index (χ3n) is 4.73. The molecule has 0 fully saturated rings. The minimum atomic E-state index is -2.10. The highest BCUT2D eigenvalue weighted by atomic mass is 15.0. The monoisotopic (exact) mass is 354 g/mol. The number of benzene rings is 3. The second kappa shape index (κ2) is 6.41. The summed E-state index contributed by atoms with van der Waals surface area (Å²) in [5.41, 5.74) is 4.81. The zero-order chi connectivity index (χ0) is 21.5. The summed E-state index contributed by atoms with van der Waals surface area (Å²) in [6, 6.07) is 21.2. The van der Waals surface area contributed by atoms with Gasteiger partial charge in [-0.1, -0.05) is 63.2 Å². The molecule has 0 spiro atoms. The third-order valence-corrected chi connectivity index (χ3v) is 4.73. The third kappa shape index (κ3) is 3.11. The largest absolute Gasteiger partial charge is 0.299 e. The van der Waals surface area contributed by atoms with Gasteiger partial charge < -0.3 is 0 Å². The topological polar surface area (TPSA) is 22.2 Å². The summed E-state index contributed by atoms with van der Waals surface area (Å²) < 4.78 is 25.5. The van der Waals surface area contributed by atoms with Gasteiger partial charge in [0.1, 0.15) is 6.33 Å². The molecule has 0 N–H and O–H groups in total. The van der Waals surface area contributed by atoms with Gasteiger partial charge in [0.2, 0.25) is 0 Å². The highest BCUT2D eigenvalue weighted by Gasteiger charge is 2.15. The molecule has 0 aliphatic rings. The smallest absolute Gasteiger partial charge is 0.194 e. The van der Waals surface area contributed by atoms with Crippen molar-refractivity contribution in [1.82, 2.24) is 9.55 Å². The van der Waals surface area contributed by atoms with Gasteiger partial charge in [-0.3, -0.25) is 4.57 Å². The van der Waals surface area contributed by atoms with Gasteiger partial charge in [-0.2, -0.15) is 0 Å². The summed E-state index contributed by atoms with van der Waals surface area (Å²) in [6.07, 6.45) is 1.75. The first-order valence-corrected chi connectivity index (χ1v) is 8.77. The predicted molar refractivity (Wildman–Crippen MR) is 111 cm³/mol. The van der Waals surface area contributed by atoms with Crippen molar-refractivity contribution in [1.29, 1.82) is 0 Å². The van der Waals surface area contributed by atoms with Gasteiger partial charge in [-0.15, -0.1) is 0 Å². The van der Waals surface area contributed by atoms with Crippen molar-refractivity contribution in [3.8, 4) is 16.8 Å². The molecule has 4 aromatic rings. The molecule has 3 nitrogen and oxygen atoms in total. The van der Waals surface area contributed by atoms with Gasteiger partial charge in [0, 0.05) is 9.80 Å². The molecule has 132 valence electrons. The number of imidazole rings is 1. The van der Waals surface area contributed by atoms with E-state index in [2.05, 4.69) is 9.83 Å². The van der Waals surface area contributed by atoms with Gasteiger partial charge >= 0.3 is 0 Å². The van der Waals surface area contributed by atoms with Crippen molar-refractivity contribution in [2.75, 3.05) is 0 Å². The van der Waals surface area contributed by atoms with E-state index < -0.39 is 12.3 Å². The van der Waals surface area contributed by atoms with Crippen LogP contribution < -0.4 is 0 Å². The van der Waals surface area contributed by atoms with E-state index >= 15 is 0 Å². The summed E-state index contributed by atoms with van der Waals surface area (Å²) in [6.45, 7) is 8.78. The lowest BCUT2D eigenvalue weighted by Gasteiger charge is -2.18. The second-order valence-corrected chi connectivity index (χ2v) is 7.12. The average molecular weight is 354 g/mol. The van der Waals surface area contributed by atoms with Crippen LogP contribution in [0.3, 0.4) is 0 Å². The van der Waals surface area contributed by atoms with Crippen LogP contribution in [0.15, 0.2) is 73.1 Å². The summed E-state index contributed by atoms with van der Waals surface area (Å²) in [7, 11) is 0. The maximum Gasteiger partial charge on any atom is 0.194 e. The van der Waals surface area contributed by atoms with Crippen LogP contribution in [0.25, 0.3) is 32.7 Å². The molecule has 27 heavy (non-hydrogen) atoms. The zero-order valence-electron chi connectivity index (χ0n) is 18.3. The summed E-state index contributed by atoms with van der Waals surface area (Å²) in [5.74, 6) is 0. The number of nitrogens with zero attached hydrogens (tertiary/aromatic N) is 3. The highest BCUT2D eigenvalue weighted by Crippen LogP contribution is 2.32. The lowest BCUT2D eigenvalue weighted by atomic mass is 9.87. The second-order valence-electron chi connectivity index (χ2n) is 7.12. The lowest BCUT2D eigenvalue weighted by molar-refractivity contribution is 0.591. The molecule has 0 saturated carbocycles. The Kier molecular flexibility index (Phi) is 3.27. The van der Waals surface area contributed by atoms with Gasteiger partial charge in [-0.25, -0.2) is 9.83 Å². The molecule has 0 bridgehead atoms. The Bertz CT molecular complexity index is 1280. The van der Waals surface area contributed by atoms with E-state index in [0.29, 0.717) is 5.69 Å². The van der Waals surface area contributed by atoms with E-state index in [1.54, 1.807) is 20.2 Å². The maximum absolute atomic E-state index is 7.85. The number of aromatic nitrogens is 2. The van der Waals surface area contributed by atoms with E-state index in [-0.39, 0.29) is 0 Å². The predicted octanol–water partition coefficient (Wildman–Crippen LogP) is 6.54. The molecule has 0 radical (unpaired) electrons. The van der Waals surface area contributed by atoms with Crippen molar-refractivity contribution in [2.24, 2.45) is 0 Å². The van der Waals surface area contributed by atoms with Crippen LogP contribution in [0.2, 0.25) is 0 Å². The Morgan fingerprint density at radius 3 is 2.70 bits per heavy atom. The first-order valence-electron chi connectivity index (χ1n) is 10.3. The summed E-state index contributed by atoms with van der Waals surface area (Å²) >= 11 is 0. The standard InChI is InChI=1S/C24H21N3/c1-24(2,3)18-12-13-23-22(15-18)26-16-27(23)19-9-7-8-17(14-19)20-10-5-6-11-21(20)25-4/h5-16H,1-3H3/i1D3. The molecular weight excluding hydrogens is 330 g/mol. The van der Waals surface area contributed by atoms with Gasteiger partial charge in [0.05, 0.1) is 17.6 Å². The number of hydrogen-bond donors (Lipinski definition) is 0. The quantitative estimate of drug-likeness (QED) is 0.375. The Morgan fingerprint density at radius 2 is 1.89 bits per heavy atom. The molecule has 1 aromatic heterocycles. The normalized spacial score (nSPS) is 13.6. The van der Waals surface area contributed by atoms with Crippen LogP contribution in [0.4, 0.5) is 5.69 Å². The highest BCUT2D eigenvalue weighted by molar-refractivity contribution is 5.81. The van der Waals surface area contributed by atoms with Crippen molar-refractivity contribution in [3.05, 3.63) is 90.0 Å². The van der Waals surface area contributed by atoms with Gasteiger partial charge in [0.25, 0.3) is 0 Å². The fourth-order valence-electron chi connectivity index (χ4n) is 3.25. The van der Waals surface area contributed by atoms with E-state index in [1.807, 2.05) is 71.3 Å². The first kappa shape index (κ1) is 13.8. The summed E-state index contributed by atoms with van der Waals surface area (Å²) in [5, 5.41) is 0. The molecular formula is C24H21N3. The minimum Gasteiger partial charge on any atom is -0.299 e. The molecule has 0 aliphatic heterocycles. The van der Waals surface area contributed by atoms with Gasteiger partial charge in [-0.05, 0) is 46.4 Å². The fourth-order valence-corrected chi connectivity index (χ4v) is 3.25. The van der Waals surface area contributed by atoms with Crippen LogP contribution in [-0.2, 0) is 5.41 Å². The number of rotatable bonds is 2. The van der Waals surface area contributed by atoms with Crippen molar-refractivity contribution in [2.45, 2.75) is 26.1 Å². The Morgan fingerprint density at radius 1 is 1.04 bits per heavy atom. The Balaban J connectivity index is 1.79. The maximum atomic E-state index is 7.85. The van der Waals surface area contributed by atoms with Crippen molar-refractivity contribution in [3.63, 3.8) is 0 Å². The first-order chi connectivity index (χ1) is 14.2. The van der Waals surface area contributed by atoms with Gasteiger partial charge in [0.15, 0.2) is 5.69 Å². The van der Waals surface area contributed by atoms with Crippen molar-refractivity contribution >= 4 is 16.7 Å². The van der Waals surface area contributed by atoms with E-state index in [1.165, 1.54) is 0 Å². The van der Waals surface area contributed by atoms with Crippen LogP contribution >= 0.6 is 0 Å². The van der Waals surface area contributed by atoms with Crippen LogP contribution in [-0.4, -0.2) is 9.55 Å². The SMILES string of the molecule is [2H]C([2H])([2H])C(C)(C)c1ccc2c(c1)ncn2-c1cccc(-c2ccccc2[N+]#[C-])c1. The summed E-state index contributed by atoms with van der Waals surface area (Å²) in [4.78, 5) is 8.14. The molecule has 0 unspecified atom stereocenters. The molecule has 0 aliphatic carbocycles. The van der Waals surface area contributed by atoms with Crippen LogP contribution in [0.5, 0.6) is 0 Å². The lowest BCUT2D eigenvalue weighted by Crippen LogP contribution is -2.10. The van der Waals surface area contributed by atoms with E-state index in [0.717, 1.165) is 33.4 Å². The fraction of sp³-hybridized carbons (Fsp3) is 0.167. The Hall–Kier alpha value is -3.38. The van der Waals surface area contributed by atoms with Crippen LogP contribution in [0, 0.1) is 6.57 Å². The molecule has 4 rings (SSSR count). The van der Waals surface area contributed by atoms with E-state index in [4.69, 9.17) is 10.7 Å². The molecule has 1 heterocycles. The Labute approximate surface area is 164 Å². The molecule has 0 amide bonds. The number of fused-ring (bicyclic) bond motifs is 1.